The minimum Gasteiger partial charge on any atom is -0.481 e. The zero-order valence-corrected chi connectivity index (χ0v) is 12.6. The molecule has 1 heterocycles. The molecule has 1 amide bonds. The van der Waals surface area contributed by atoms with Crippen molar-refractivity contribution in [2.24, 2.45) is 11.8 Å². The number of allylic oxidation sites excluding steroid dienone is 2. The van der Waals surface area contributed by atoms with Crippen molar-refractivity contribution in [1.29, 1.82) is 0 Å². The lowest BCUT2D eigenvalue weighted by molar-refractivity contribution is -0.151. The van der Waals surface area contributed by atoms with Crippen molar-refractivity contribution in [3.8, 4) is 0 Å². The number of rotatable bonds is 5. The van der Waals surface area contributed by atoms with Crippen LogP contribution in [0.25, 0.3) is 0 Å². The third kappa shape index (κ3) is 3.18. The largest absolute Gasteiger partial charge is 0.481 e. The first-order valence-corrected chi connectivity index (χ1v) is 8.30. The topological polar surface area (TPSA) is 57.6 Å². The van der Waals surface area contributed by atoms with Gasteiger partial charge in [-0.15, -0.1) is 0 Å². The van der Waals surface area contributed by atoms with Gasteiger partial charge >= 0.3 is 5.97 Å². The van der Waals surface area contributed by atoms with Gasteiger partial charge in [0, 0.05) is 12.6 Å². The van der Waals surface area contributed by atoms with Gasteiger partial charge in [0.1, 0.15) is 0 Å². The molecular weight excluding hydrogens is 286 g/mol. The van der Waals surface area contributed by atoms with Gasteiger partial charge in [0.05, 0.1) is 11.8 Å². The Bertz CT molecular complexity index is 548. The molecule has 2 aliphatic rings. The molecule has 0 aliphatic heterocycles. The molecule has 0 aromatic carbocycles. The van der Waals surface area contributed by atoms with Gasteiger partial charge in [0.2, 0.25) is 5.91 Å². The maximum absolute atomic E-state index is 12.9. The van der Waals surface area contributed by atoms with Crippen LogP contribution in [0, 0.1) is 11.8 Å². The molecule has 112 valence electrons. The Kier molecular flexibility index (Phi) is 4.10. The summed E-state index contributed by atoms with van der Waals surface area (Å²) in [5, 5.41) is 13.4. The molecule has 3 rings (SSSR count). The fraction of sp³-hybridized carbons (Fsp3) is 0.500. The number of carbonyl (C=O) groups is 2. The molecule has 0 bridgehead atoms. The van der Waals surface area contributed by atoms with Crippen molar-refractivity contribution in [3.05, 3.63) is 34.5 Å². The smallest absolute Gasteiger partial charge is 0.307 e. The van der Waals surface area contributed by atoms with Gasteiger partial charge in [-0.25, -0.2) is 0 Å². The van der Waals surface area contributed by atoms with Crippen molar-refractivity contribution >= 4 is 23.2 Å². The van der Waals surface area contributed by atoms with E-state index in [4.69, 9.17) is 0 Å². The van der Waals surface area contributed by atoms with Crippen LogP contribution in [-0.4, -0.2) is 27.9 Å². The molecule has 1 aromatic heterocycles. The van der Waals surface area contributed by atoms with E-state index in [1.807, 2.05) is 28.5 Å². The van der Waals surface area contributed by atoms with E-state index in [9.17, 15) is 14.7 Å². The van der Waals surface area contributed by atoms with Crippen molar-refractivity contribution in [2.45, 2.75) is 38.3 Å². The zero-order valence-electron chi connectivity index (χ0n) is 11.8. The van der Waals surface area contributed by atoms with Crippen LogP contribution in [0.2, 0.25) is 0 Å². The van der Waals surface area contributed by atoms with E-state index in [1.165, 1.54) is 0 Å². The Balaban J connectivity index is 1.76. The fourth-order valence-corrected chi connectivity index (χ4v) is 3.59. The highest BCUT2D eigenvalue weighted by atomic mass is 32.1. The Morgan fingerprint density at radius 3 is 2.52 bits per heavy atom. The van der Waals surface area contributed by atoms with Gasteiger partial charge in [0.25, 0.3) is 0 Å². The Morgan fingerprint density at radius 2 is 1.95 bits per heavy atom. The molecule has 1 N–H and O–H groups in total. The molecule has 21 heavy (non-hydrogen) atoms. The third-order valence-electron chi connectivity index (χ3n) is 4.27. The zero-order chi connectivity index (χ0) is 14.8. The lowest BCUT2D eigenvalue weighted by Gasteiger charge is -2.31. The van der Waals surface area contributed by atoms with Gasteiger partial charge in [-0.1, -0.05) is 12.2 Å². The molecule has 5 heteroatoms. The van der Waals surface area contributed by atoms with Crippen LogP contribution in [0.1, 0.15) is 31.2 Å². The van der Waals surface area contributed by atoms with Crippen LogP contribution >= 0.6 is 11.3 Å². The molecule has 0 radical (unpaired) electrons. The van der Waals surface area contributed by atoms with Crippen molar-refractivity contribution in [3.63, 3.8) is 0 Å². The van der Waals surface area contributed by atoms with Crippen LogP contribution in [0.5, 0.6) is 0 Å². The van der Waals surface area contributed by atoms with Crippen molar-refractivity contribution < 1.29 is 14.7 Å². The van der Waals surface area contributed by atoms with Gasteiger partial charge in [-0.05, 0) is 48.1 Å². The number of nitrogens with zero attached hydrogens (tertiary/aromatic N) is 1. The lowest BCUT2D eigenvalue weighted by Crippen LogP contribution is -2.42. The fourth-order valence-electron chi connectivity index (χ4n) is 2.93. The van der Waals surface area contributed by atoms with Crippen LogP contribution in [0.15, 0.2) is 29.0 Å². The average molecular weight is 305 g/mol. The van der Waals surface area contributed by atoms with E-state index in [-0.39, 0.29) is 5.91 Å². The highest BCUT2D eigenvalue weighted by Gasteiger charge is 2.40. The number of carbonyl (C=O) groups excluding carboxylic acids is 1. The Hall–Kier alpha value is -1.62. The maximum Gasteiger partial charge on any atom is 0.307 e. The molecule has 1 aromatic rings. The highest BCUT2D eigenvalue weighted by Crippen LogP contribution is 2.34. The molecule has 1 fully saturated rings. The van der Waals surface area contributed by atoms with Crippen LogP contribution in [-0.2, 0) is 16.1 Å². The molecule has 4 nitrogen and oxygen atoms in total. The van der Waals surface area contributed by atoms with E-state index < -0.39 is 17.8 Å². The second-order valence-corrected chi connectivity index (χ2v) is 6.60. The molecule has 1 saturated carbocycles. The number of carboxylic acids is 1. The van der Waals surface area contributed by atoms with Gasteiger partial charge in [0.15, 0.2) is 0 Å². The molecule has 2 unspecified atom stereocenters. The number of carboxylic acid groups (broad SMARTS) is 1. The van der Waals surface area contributed by atoms with Crippen LogP contribution < -0.4 is 0 Å². The van der Waals surface area contributed by atoms with Crippen LogP contribution in [0.3, 0.4) is 0 Å². The summed E-state index contributed by atoms with van der Waals surface area (Å²) in [6.45, 7) is 0.611. The second kappa shape index (κ2) is 6.02. The first-order valence-electron chi connectivity index (χ1n) is 7.36. The highest BCUT2D eigenvalue weighted by molar-refractivity contribution is 7.07. The summed E-state index contributed by atoms with van der Waals surface area (Å²) in [5.74, 6) is -1.83. The summed E-state index contributed by atoms with van der Waals surface area (Å²) in [4.78, 5) is 26.1. The molecular formula is C16H19NO3S. The van der Waals surface area contributed by atoms with E-state index in [0.717, 1.165) is 18.4 Å². The summed E-state index contributed by atoms with van der Waals surface area (Å²) in [6, 6.07) is 2.33. The van der Waals surface area contributed by atoms with Gasteiger partial charge in [-0.3, -0.25) is 9.59 Å². The number of hydrogen-bond acceptors (Lipinski definition) is 3. The van der Waals surface area contributed by atoms with E-state index >= 15 is 0 Å². The second-order valence-electron chi connectivity index (χ2n) is 5.82. The summed E-state index contributed by atoms with van der Waals surface area (Å²) >= 11 is 1.62. The first kappa shape index (κ1) is 14.3. The lowest BCUT2D eigenvalue weighted by atomic mass is 9.82. The summed E-state index contributed by atoms with van der Waals surface area (Å²) < 4.78 is 0. The number of amides is 1. The monoisotopic (exact) mass is 305 g/mol. The van der Waals surface area contributed by atoms with Gasteiger partial charge in [-0.2, -0.15) is 11.3 Å². The molecule has 0 spiro atoms. The van der Waals surface area contributed by atoms with E-state index in [2.05, 4.69) is 5.38 Å². The number of hydrogen-bond donors (Lipinski definition) is 1. The average Bonchev–Trinajstić information content (AvgIpc) is 3.20. The predicted octanol–water partition coefficient (Wildman–Crippen LogP) is 2.91. The van der Waals surface area contributed by atoms with Crippen molar-refractivity contribution in [1.82, 2.24) is 4.90 Å². The minimum absolute atomic E-state index is 0.0143. The predicted molar refractivity (Wildman–Crippen MR) is 80.9 cm³/mol. The molecule has 0 saturated heterocycles. The molecule has 2 aliphatic carbocycles. The minimum atomic E-state index is -0.857. The SMILES string of the molecule is O=C(O)C1CC=CCC1C(=O)N(Cc1ccsc1)C1CC1. The summed E-state index contributed by atoms with van der Waals surface area (Å²) in [5.41, 5.74) is 1.14. The summed E-state index contributed by atoms with van der Waals surface area (Å²) in [6.07, 6.45) is 6.90. The Labute approximate surface area is 128 Å². The standard InChI is InChI=1S/C16H19NO3S/c18-15(13-3-1-2-4-14(13)16(19)20)17(12-5-6-12)9-11-7-8-21-10-11/h1-2,7-8,10,12-14H,3-6,9H2,(H,19,20). The Morgan fingerprint density at radius 1 is 1.24 bits per heavy atom. The van der Waals surface area contributed by atoms with E-state index in [0.29, 0.717) is 25.4 Å². The van der Waals surface area contributed by atoms with Crippen LogP contribution in [0.4, 0.5) is 0 Å². The van der Waals surface area contributed by atoms with Crippen molar-refractivity contribution in [2.75, 3.05) is 0 Å². The normalized spacial score (nSPS) is 24.8. The van der Waals surface area contributed by atoms with Gasteiger partial charge < -0.3 is 10.0 Å². The third-order valence-corrected chi connectivity index (χ3v) is 5.00. The maximum atomic E-state index is 12.9. The quantitative estimate of drug-likeness (QED) is 0.851. The summed E-state index contributed by atoms with van der Waals surface area (Å²) in [7, 11) is 0. The number of aliphatic carboxylic acids is 1. The molecule has 2 atom stereocenters. The first-order chi connectivity index (χ1) is 10.2. The van der Waals surface area contributed by atoms with E-state index in [1.54, 1.807) is 11.3 Å². The number of thiophene rings is 1.